The van der Waals surface area contributed by atoms with Crippen LogP contribution in [0.3, 0.4) is 0 Å². The number of aliphatic hydroxyl groups is 1. The molecule has 0 aliphatic heterocycles. The third kappa shape index (κ3) is 2.94. The molecule has 1 heteroatoms. The molecule has 1 rings (SSSR count). The van der Waals surface area contributed by atoms with Gasteiger partial charge < -0.3 is 5.11 Å². The summed E-state index contributed by atoms with van der Waals surface area (Å²) in [4.78, 5) is 0. The van der Waals surface area contributed by atoms with Gasteiger partial charge in [0.05, 0.1) is 6.61 Å². The highest BCUT2D eigenvalue weighted by Gasteiger charge is 2.33. The zero-order valence-corrected chi connectivity index (χ0v) is 10.5. The second-order valence-electron chi connectivity index (χ2n) is 5.30. The molecule has 0 amide bonds. The van der Waals surface area contributed by atoms with E-state index in [0.29, 0.717) is 11.3 Å². The second-order valence-corrected chi connectivity index (χ2v) is 5.30. The van der Waals surface area contributed by atoms with Crippen molar-refractivity contribution >= 4 is 0 Å². The molecule has 1 unspecified atom stereocenters. The molecule has 0 aromatic rings. The molecule has 1 aliphatic carbocycles. The second kappa shape index (κ2) is 4.98. The molecule has 0 radical (unpaired) electrons. The Hall–Kier alpha value is -0.560. The van der Waals surface area contributed by atoms with Crippen LogP contribution in [0.4, 0.5) is 0 Å². The molecule has 1 N–H and O–H groups in total. The molecule has 0 spiro atoms. The normalized spacial score (nSPS) is 25.5. The first-order valence-electron chi connectivity index (χ1n) is 5.96. The first-order chi connectivity index (χ1) is 7.01. The van der Waals surface area contributed by atoms with Crippen LogP contribution in [0.2, 0.25) is 0 Å². The molecule has 0 saturated carbocycles. The lowest BCUT2D eigenvalue weighted by Crippen LogP contribution is -2.19. The van der Waals surface area contributed by atoms with Crippen molar-refractivity contribution < 1.29 is 5.11 Å². The van der Waals surface area contributed by atoms with Gasteiger partial charge in [0.2, 0.25) is 0 Å². The summed E-state index contributed by atoms with van der Waals surface area (Å²) in [6.45, 7) is 9.22. The Morgan fingerprint density at radius 3 is 2.67 bits per heavy atom. The largest absolute Gasteiger partial charge is 0.392 e. The van der Waals surface area contributed by atoms with E-state index in [2.05, 4.69) is 39.8 Å². The minimum atomic E-state index is 0.215. The maximum Gasteiger partial charge on any atom is 0.0641 e. The molecule has 1 nitrogen and oxygen atoms in total. The van der Waals surface area contributed by atoms with Gasteiger partial charge in [0.1, 0.15) is 0 Å². The first-order valence-corrected chi connectivity index (χ1v) is 5.96. The zero-order chi connectivity index (χ0) is 11.5. The van der Waals surface area contributed by atoms with E-state index in [4.69, 9.17) is 5.11 Å². The molecular formula is C14H24O. The van der Waals surface area contributed by atoms with E-state index in [1.807, 2.05) is 0 Å². The van der Waals surface area contributed by atoms with Gasteiger partial charge in [-0.3, -0.25) is 0 Å². The van der Waals surface area contributed by atoms with Gasteiger partial charge in [0.15, 0.2) is 0 Å². The van der Waals surface area contributed by atoms with Crippen LogP contribution in [-0.4, -0.2) is 11.7 Å². The molecule has 1 aliphatic rings. The van der Waals surface area contributed by atoms with Crippen molar-refractivity contribution in [3.63, 3.8) is 0 Å². The fourth-order valence-electron chi connectivity index (χ4n) is 2.44. The third-order valence-corrected chi connectivity index (χ3v) is 3.74. The summed E-state index contributed by atoms with van der Waals surface area (Å²) in [5, 5.41) is 9.11. The Balaban J connectivity index is 2.65. The first kappa shape index (κ1) is 12.5. The Labute approximate surface area is 93.9 Å². The van der Waals surface area contributed by atoms with E-state index in [-0.39, 0.29) is 6.61 Å². The minimum absolute atomic E-state index is 0.215. The number of hydrogen-bond donors (Lipinski definition) is 1. The van der Waals surface area contributed by atoms with Gasteiger partial charge in [-0.05, 0) is 43.1 Å². The smallest absolute Gasteiger partial charge is 0.0641 e. The number of rotatable bonds is 4. The predicted octanol–water partition coefficient (Wildman–Crippen LogP) is 3.70. The van der Waals surface area contributed by atoms with Gasteiger partial charge in [-0.15, -0.1) is 0 Å². The average Bonchev–Trinajstić information content (AvgIpc) is 2.45. The van der Waals surface area contributed by atoms with Crippen molar-refractivity contribution in [2.24, 2.45) is 11.3 Å². The van der Waals surface area contributed by atoms with Crippen LogP contribution in [0.5, 0.6) is 0 Å². The third-order valence-electron chi connectivity index (χ3n) is 3.74. The Morgan fingerprint density at radius 1 is 1.60 bits per heavy atom. The van der Waals surface area contributed by atoms with E-state index in [1.165, 1.54) is 17.6 Å². The van der Waals surface area contributed by atoms with Crippen molar-refractivity contribution in [2.75, 3.05) is 6.61 Å². The van der Waals surface area contributed by atoms with E-state index in [0.717, 1.165) is 12.8 Å². The van der Waals surface area contributed by atoms with Crippen LogP contribution in [0.25, 0.3) is 0 Å². The van der Waals surface area contributed by atoms with Crippen molar-refractivity contribution in [1.29, 1.82) is 0 Å². The van der Waals surface area contributed by atoms with Crippen molar-refractivity contribution in [1.82, 2.24) is 0 Å². The topological polar surface area (TPSA) is 20.2 Å². The molecule has 0 saturated heterocycles. The highest BCUT2D eigenvalue weighted by Crippen LogP contribution is 2.44. The molecular weight excluding hydrogens is 184 g/mol. The standard InChI is InChI=1S/C14H24O/c1-5-12(10-15)6-7-13-11(2)8-9-14(13,3)4/h6,8,13,15H,5,7,9-10H2,1-4H3/b12-6+. The quantitative estimate of drug-likeness (QED) is 0.698. The summed E-state index contributed by atoms with van der Waals surface area (Å²) in [7, 11) is 0. The summed E-state index contributed by atoms with van der Waals surface area (Å²) in [6, 6.07) is 0. The number of hydrogen-bond acceptors (Lipinski definition) is 1. The van der Waals surface area contributed by atoms with Gasteiger partial charge in [-0.2, -0.15) is 0 Å². The number of allylic oxidation sites excluding steroid dienone is 3. The van der Waals surface area contributed by atoms with E-state index >= 15 is 0 Å². The van der Waals surface area contributed by atoms with Gasteiger partial charge in [0.25, 0.3) is 0 Å². The van der Waals surface area contributed by atoms with Gasteiger partial charge >= 0.3 is 0 Å². The van der Waals surface area contributed by atoms with Crippen molar-refractivity contribution in [2.45, 2.75) is 47.0 Å². The molecule has 0 heterocycles. The Bertz CT molecular complexity index is 265. The van der Waals surface area contributed by atoms with E-state index in [1.54, 1.807) is 0 Å². The monoisotopic (exact) mass is 208 g/mol. The molecule has 0 aromatic carbocycles. The Morgan fingerprint density at radius 2 is 2.27 bits per heavy atom. The van der Waals surface area contributed by atoms with Crippen molar-refractivity contribution in [3.05, 3.63) is 23.3 Å². The summed E-state index contributed by atoms with van der Waals surface area (Å²) in [5.41, 5.74) is 3.09. The zero-order valence-electron chi connectivity index (χ0n) is 10.5. The van der Waals surface area contributed by atoms with E-state index < -0.39 is 0 Å². The van der Waals surface area contributed by atoms with E-state index in [9.17, 15) is 0 Å². The lowest BCUT2D eigenvalue weighted by Gasteiger charge is -2.28. The van der Waals surface area contributed by atoms with Crippen LogP contribution in [0, 0.1) is 11.3 Å². The van der Waals surface area contributed by atoms with Crippen LogP contribution < -0.4 is 0 Å². The maximum atomic E-state index is 9.11. The number of aliphatic hydroxyl groups excluding tert-OH is 1. The summed E-state index contributed by atoms with van der Waals surface area (Å²) >= 11 is 0. The fraction of sp³-hybridized carbons (Fsp3) is 0.714. The summed E-state index contributed by atoms with van der Waals surface area (Å²) in [5.74, 6) is 0.658. The predicted molar refractivity (Wildman–Crippen MR) is 65.7 cm³/mol. The van der Waals surface area contributed by atoms with Crippen molar-refractivity contribution in [3.8, 4) is 0 Å². The Kier molecular flexibility index (Phi) is 4.15. The highest BCUT2D eigenvalue weighted by atomic mass is 16.3. The maximum absolute atomic E-state index is 9.11. The van der Waals surface area contributed by atoms with Crippen LogP contribution in [0.1, 0.15) is 47.0 Å². The average molecular weight is 208 g/mol. The molecule has 1 atom stereocenters. The molecule has 0 aromatic heterocycles. The molecule has 86 valence electrons. The van der Waals surface area contributed by atoms with Gasteiger partial charge in [-0.25, -0.2) is 0 Å². The highest BCUT2D eigenvalue weighted by molar-refractivity contribution is 5.18. The molecule has 15 heavy (non-hydrogen) atoms. The van der Waals surface area contributed by atoms with Gasteiger partial charge in [0, 0.05) is 0 Å². The van der Waals surface area contributed by atoms with Gasteiger partial charge in [-0.1, -0.05) is 38.5 Å². The van der Waals surface area contributed by atoms with Crippen LogP contribution in [0.15, 0.2) is 23.3 Å². The van der Waals surface area contributed by atoms with Crippen LogP contribution in [-0.2, 0) is 0 Å². The lowest BCUT2D eigenvalue weighted by molar-refractivity contribution is 0.275. The molecule has 0 bridgehead atoms. The van der Waals surface area contributed by atoms with Crippen LogP contribution >= 0.6 is 0 Å². The lowest BCUT2D eigenvalue weighted by atomic mass is 9.77. The minimum Gasteiger partial charge on any atom is -0.392 e. The fourth-order valence-corrected chi connectivity index (χ4v) is 2.44. The summed E-state index contributed by atoms with van der Waals surface area (Å²) < 4.78 is 0. The molecule has 0 fully saturated rings. The SMILES string of the molecule is CC/C(=C\CC1C(C)=CCC1(C)C)CO. The summed E-state index contributed by atoms with van der Waals surface area (Å²) in [6.07, 6.45) is 7.83.